The van der Waals surface area contributed by atoms with E-state index in [-0.39, 0.29) is 5.91 Å². The van der Waals surface area contributed by atoms with Gasteiger partial charge in [0.25, 0.3) is 5.91 Å². The van der Waals surface area contributed by atoms with Gasteiger partial charge in [0.1, 0.15) is 0 Å². The standard InChI is InChI=1S/C17H14BrNOS2/c18-14-7-5-13(6-8-14)17(20)19(11-15-3-1-9-21-15)12-16-4-2-10-22-16/h1-10H,11-12H2. The Morgan fingerprint density at radius 1 is 0.909 bits per heavy atom. The van der Waals surface area contributed by atoms with Crippen molar-refractivity contribution in [2.75, 3.05) is 0 Å². The van der Waals surface area contributed by atoms with Crippen LogP contribution in [-0.2, 0) is 13.1 Å². The molecule has 0 saturated heterocycles. The molecule has 22 heavy (non-hydrogen) atoms. The molecule has 112 valence electrons. The monoisotopic (exact) mass is 391 g/mol. The molecule has 1 aromatic carbocycles. The minimum Gasteiger partial charge on any atom is -0.328 e. The molecule has 0 spiro atoms. The summed E-state index contributed by atoms with van der Waals surface area (Å²) >= 11 is 6.77. The van der Waals surface area contributed by atoms with Gasteiger partial charge in [0.05, 0.1) is 13.1 Å². The van der Waals surface area contributed by atoms with Crippen molar-refractivity contribution in [1.82, 2.24) is 4.90 Å². The van der Waals surface area contributed by atoms with Crippen LogP contribution in [0.4, 0.5) is 0 Å². The van der Waals surface area contributed by atoms with Gasteiger partial charge in [-0.2, -0.15) is 0 Å². The van der Waals surface area contributed by atoms with Crippen molar-refractivity contribution < 1.29 is 4.79 Å². The van der Waals surface area contributed by atoms with Crippen molar-refractivity contribution in [3.63, 3.8) is 0 Å². The first-order chi connectivity index (χ1) is 10.7. The van der Waals surface area contributed by atoms with Gasteiger partial charge in [-0.1, -0.05) is 28.1 Å². The van der Waals surface area contributed by atoms with E-state index in [0.717, 1.165) is 10.0 Å². The Morgan fingerprint density at radius 3 is 1.91 bits per heavy atom. The third-order valence-electron chi connectivity index (χ3n) is 3.23. The number of halogens is 1. The fourth-order valence-electron chi connectivity index (χ4n) is 2.16. The molecule has 0 bridgehead atoms. The predicted molar refractivity (Wildman–Crippen MR) is 96.4 cm³/mol. The second kappa shape index (κ2) is 7.22. The van der Waals surface area contributed by atoms with Gasteiger partial charge in [0.15, 0.2) is 0 Å². The molecular weight excluding hydrogens is 378 g/mol. The molecule has 3 aromatic rings. The normalized spacial score (nSPS) is 10.6. The lowest BCUT2D eigenvalue weighted by molar-refractivity contribution is 0.0733. The number of benzene rings is 1. The first-order valence-electron chi connectivity index (χ1n) is 6.82. The molecule has 2 nitrogen and oxygen atoms in total. The summed E-state index contributed by atoms with van der Waals surface area (Å²) in [5.74, 6) is 0.0642. The Balaban J connectivity index is 1.83. The van der Waals surface area contributed by atoms with Crippen LogP contribution in [0.15, 0.2) is 63.8 Å². The summed E-state index contributed by atoms with van der Waals surface area (Å²) in [7, 11) is 0. The van der Waals surface area contributed by atoms with Crippen LogP contribution in [0.2, 0.25) is 0 Å². The zero-order valence-electron chi connectivity index (χ0n) is 11.7. The highest BCUT2D eigenvalue weighted by atomic mass is 79.9. The molecule has 0 radical (unpaired) electrons. The van der Waals surface area contributed by atoms with Gasteiger partial charge in [-0.25, -0.2) is 0 Å². The average Bonchev–Trinajstić information content (AvgIpc) is 3.20. The average molecular weight is 392 g/mol. The van der Waals surface area contributed by atoms with E-state index >= 15 is 0 Å². The van der Waals surface area contributed by atoms with Gasteiger partial charge in [0.2, 0.25) is 0 Å². The lowest BCUT2D eigenvalue weighted by Crippen LogP contribution is -2.29. The maximum Gasteiger partial charge on any atom is 0.254 e. The molecule has 0 aliphatic rings. The summed E-state index contributed by atoms with van der Waals surface area (Å²) in [5.41, 5.74) is 0.719. The van der Waals surface area contributed by atoms with Crippen molar-refractivity contribution in [2.45, 2.75) is 13.1 Å². The zero-order chi connectivity index (χ0) is 15.4. The molecule has 0 aliphatic heterocycles. The maximum atomic E-state index is 12.8. The number of hydrogen-bond donors (Lipinski definition) is 0. The van der Waals surface area contributed by atoms with Gasteiger partial charge in [-0.05, 0) is 47.2 Å². The lowest BCUT2D eigenvalue weighted by Gasteiger charge is -2.21. The van der Waals surface area contributed by atoms with Crippen LogP contribution in [0.25, 0.3) is 0 Å². The summed E-state index contributed by atoms with van der Waals surface area (Å²) in [4.78, 5) is 17.1. The lowest BCUT2D eigenvalue weighted by atomic mass is 10.2. The second-order valence-corrected chi connectivity index (χ2v) is 7.81. The highest BCUT2D eigenvalue weighted by Gasteiger charge is 2.17. The Hall–Kier alpha value is -1.43. The van der Waals surface area contributed by atoms with Crippen molar-refractivity contribution >= 4 is 44.5 Å². The predicted octanol–water partition coefficient (Wildman–Crippen LogP) is 5.41. The number of nitrogens with zero attached hydrogens (tertiary/aromatic N) is 1. The van der Waals surface area contributed by atoms with E-state index in [1.165, 1.54) is 9.75 Å². The molecular formula is C17H14BrNOS2. The highest BCUT2D eigenvalue weighted by Crippen LogP contribution is 2.20. The summed E-state index contributed by atoms with van der Waals surface area (Å²) in [5, 5.41) is 4.09. The number of carbonyl (C=O) groups is 1. The largest absolute Gasteiger partial charge is 0.328 e. The van der Waals surface area contributed by atoms with E-state index < -0.39 is 0 Å². The van der Waals surface area contributed by atoms with Gasteiger partial charge < -0.3 is 4.90 Å². The minimum absolute atomic E-state index is 0.0642. The Bertz CT molecular complexity index is 684. The fourth-order valence-corrected chi connectivity index (χ4v) is 3.86. The molecule has 5 heteroatoms. The number of thiophene rings is 2. The molecule has 0 aliphatic carbocycles. The zero-order valence-corrected chi connectivity index (χ0v) is 15.0. The molecule has 0 N–H and O–H groups in total. The van der Waals surface area contributed by atoms with E-state index in [9.17, 15) is 4.79 Å². The first kappa shape index (κ1) is 15.5. The maximum absolute atomic E-state index is 12.8. The van der Waals surface area contributed by atoms with E-state index in [0.29, 0.717) is 13.1 Å². The molecule has 2 heterocycles. The van der Waals surface area contributed by atoms with Crippen molar-refractivity contribution in [3.8, 4) is 0 Å². The molecule has 0 saturated carbocycles. The highest BCUT2D eigenvalue weighted by molar-refractivity contribution is 9.10. The SMILES string of the molecule is O=C(c1ccc(Br)cc1)N(Cc1cccs1)Cc1cccs1. The van der Waals surface area contributed by atoms with Crippen LogP contribution in [0.3, 0.4) is 0 Å². The summed E-state index contributed by atoms with van der Waals surface area (Å²) in [6.45, 7) is 1.29. The smallest absolute Gasteiger partial charge is 0.254 e. The van der Waals surface area contributed by atoms with Crippen molar-refractivity contribution in [2.24, 2.45) is 0 Å². The number of amides is 1. The molecule has 1 amide bonds. The van der Waals surface area contributed by atoms with E-state index in [4.69, 9.17) is 0 Å². The van der Waals surface area contributed by atoms with Crippen LogP contribution in [-0.4, -0.2) is 10.8 Å². The summed E-state index contributed by atoms with van der Waals surface area (Å²) < 4.78 is 0.979. The van der Waals surface area contributed by atoms with Gasteiger partial charge in [-0.15, -0.1) is 22.7 Å². The van der Waals surface area contributed by atoms with Crippen LogP contribution in [0.1, 0.15) is 20.1 Å². The molecule has 0 unspecified atom stereocenters. The summed E-state index contributed by atoms with van der Waals surface area (Å²) in [6, 6.07) is 15.7. The molecule has 0 fully saturated rings. The van der Waals surface area contributed by atoms with E-state index in [2.05, 4.69) is 28.1 Å². The molecule has 2 aromatic heterocycles. The van der Waals surface area contributed by atoms with Crippen LogP contribution in [0.5, 0.6) is 0 Å². The minimum atomic E-state index is 0.0642. The van der Waals surface area contributed by atoms with E-state index in [1.54, 1.807) is 22.7 Å². The third kappa shape index (κ3) is 3.85. The van der Waals surface area contributed by atoms with Gasteiger partial charge in [0, 0.05) is 19.8 Å². The Kier molecular flexibility index (Phi) is 5.08. The number of carbonyl (C=O) groups excluding carboxylic acids is 1. The Labute approximate surface area is 146 Å². The molecule has 3 rings (SSSR count). The second-order valence-electron chi connectivity index (χ2n) is 4.83. The van der Waals surface area contributed by atoms with Crippen LogP contribution >= 0.6 is 38.6 Å². The summed E-state index contributed by atoms with van der Waals surface area (Å²) in [6.07, 6.45) is 0. The van der Waals surface area contributed by atoms with Crippen molar-refractivity contribution in [1.29, 1.82) is 0 Å². The topological polar surface area (TPSA) is 20.3 Å². The first-order valence-corrected chi connectivity index (χ1v) is 9.37. The molecule has 0 atom stereocenters. The Morgan fingerprint density at radius 2 is 1.45 bits per heavy atom. The quantitative estimate of drug-likeness (QED) is 0.568. The third-order valence-corrected chi connectivity index (χ3v) is 5.48. The number of hydrogen-bond acceptors (Lipinski definition) is 3. The van der Waals surface area contributed by atoms with Crippen LogP contribution < -0.4 is 0 Å². The van der Waals surface area contributed by atoms with Gasteiger partial charge in [-0.3, -0.25) is 4.79 Å². The van der Waals surface area contributed by atoms with E-state index in [1.807, 2.05) is 52.1 Å². The fraction of sp³-hybridized carbons (Fsp3) is 0.118. The number of rotatable bonds is 5. The van der Waals surface area contributed by atoms with Crippen molar-refractivity contribution in [3.05, 3.63) is 79.1 Å². The van der Waals surface area contributed by atoms with Crippen LogP contribution in [0, 0.1) is 0 Å². The van der Waals surface area contributed by atoms with Gasteiger partial charge >= 0.3 is 0 Å².